The maximum Gasteiger partial charge on any atom is 0.253 e. The summed E-state index contributed by atoms with van der Waals surface area (Å²) in [7, 11) is 1.84. The van der Waals surface area contributed by atoms with Crippen molar-refractivity contribution in [1.29, 1.82) is 0 Å². The molecule has 2 unspecified atom stereocenters. The number of rotatable bonds is 2. The van der Waals surface area contributed by atoms with Crippen LogP contribution in [-0.2, 0) is 0 Å². The van der Waals surface area contributed by atoms with Gasteiger partial charge in [-0.05, 0) is 37.0 Å². The number of amides is 1. The van der Waals surface area contributed by atoms with Gasteiger partial charge in [-0.15, -0.1) is 12.6 Å². The van der Waals surface area contributed by atoms with E-state index in [0.717, 1.165) is 6.42 Å². The molecular formula is C15H20FNOS. The number of hydrogen-bond donors (Lipinski definition) is 1. The zero-order chi connectivity index (χ0) is 14.0. The fourth-order valence-corrected chi connectivity index (χ4v) is 3.09. The van der Waals surface area contributed by atoms with Crippen LogP contribution in [0.5, 0.6) is 0 Å². The molecule has 1 fully saturated rings. The van der Waals surface area contributed by atoms with E-state index in [1.165, 1.54) is 37.5 Å². The third kappa shape index (κ3) is 3.11. The molecule has 2 rings (SSSR count). The fourth-order valence-electron chi connectivity index (χ4n) is 2.87. The molecule has 1 aliphatic rings. The van der Waals surface area contributed by atoms with Crippen molar-refractivity contribution in [2.24, 2.45) is 5.92 Å². The second-order valence-electron chi connectivity index (χ2n) is 5.41. The average molecular weight is 281 g/mol. The molecule has 104 valence electrons. The second-order valence-corrected chi connectivity index (χ2v) is 5.89. The largest absolute Gasteiger partial charge is 0.338 e. The molecule has 0 heterocycles. The molecule has 0 aromatic heterocycles. The van der Waals surface area contributed by atoms with Crippen LogP contribution >= 0.6 is 12.6 Å². The number of thiol groups is 1. The summed E-state index contributed by atoms with van der Waals surface area (Å²) < 4.78 is 13.2. The Morgan fingerprint density at radius 2 is 2.05 bits per heavy atom. The van der Waals surface area contributed by atoms with E-state index in [-0.39, 0.29) is 16.8 Å². The van der Waals surface area contributed by atoms with Crippen molar-refractivity contribution < 1.29 is 9.18 Å². The van der Waals surface area contributed by atoms with Crippen LogP contribution in [0, 0.1) is 11.7 Å². The lowest BCUT2D eigenvalue weighted by molar-refractivity contribution is 0.0628. The Bertz CT molecular complexity index is 477. The first-order chi connectivity index (χ1) is 9.00. The van der Waals surface area contributed by atoms with Gasteiger partial charge in [0.1, 0.15) is 5.82 Å². The zero-order valence-electron chi connectivity index (χ0n) is 11.4. The quantitative estimate of drug-likeness (QED) is 0.818. The molecule has 0 bridgehead atoms. The summed E-state index contributed by atoms with van der Waals surface area (Å²) in [6.07, 6.45) is 4.65. The summed E-state index contributed by atoms with van der Waals surface area (Å²) in [5.74, 6) is 0.0845. The van der Waals surface area contributed by atoms with Crippen LogP contribution in [0.1, 0.15) is 43.0 Å². The molecule has 1 aromatic carbocycles. The molecule has 1 amide bonds. The summed E-state index contributed by atoms with van der Waals surface area (Å²) >= 11 is 4.03. The lowest BCUT2D eigenvalue weighted by atomic mass is 9.85. The van der Waals surface area contributed by atoms with Gasteiger partial charge in [0, 0.05) is 23.5 Å². The van der Waals surface area contributed by atoms with Crippen LogP contribution in [0.4, 0.5) is 4.39 Å². The van der Waals surface area contributed by atoms with Crippen LogP contribution in [0.15, 0.2) is 23.1 Å². The van der Waals surface area contributed by atoms with Gasteiger partial charge in [-0.2, -0.15) is 0 Å². The van der Waals surface area contributed by atoms with Crippen molar-refractivity contribution in [2.45, 2.75) is 43.5 Å². The Morgan fingerprint density at radius 3 is 2.68 bits per heavy atom. The number of nitrogens with zero attached hydrogens (tertiary/aromatic N) is 1. The van der Waals surface area contributed by atoms with Gasteiger partial charge in [-0.25, -0.2) is 4.39 Å². The SMILES string of the molecule is CC1CCCCC1N(C)C(=O)c1ccc(F)c(S)c1. The first kappa shape index (κ1) is 14.4. The van der Waals surface area contributed by atoms with E-state index in [0.29, 0.717) is 11.5 Å². The maximum absolute atomic E-state index is 13.2. The van der Waals surface area contributed by atoms with Crippen molar-refractivity contribution in [1.82, 2.24) is 4.90 Å². The Labute approximate surface area is 119 Å². The molecule has 19 heavy (non-hydrogen) atoms. The van der Waals surface area contributed by atoms with Crippen LogP contribution < -0.4 is 0 Å². The number of carbonyl (C=O) groups excluding carboxylic acids is 1. The molecule has 0 saturated heterocycles. The minimum absolute atomic E-state index is 0.0472. The highest BCUT2D eigenvalue weighted by Gasteiger charge is 2.28. The maximum atomic E-state index is 13.2. The van der Waals surface area contributed by atoms with Gasteiger partial charge in [0.15, 0.2) is 0 Å². The Balaban J connectivity index is 2.15. The minimum Gasteiger partial charge on any atom is -0.338 e. The number of benzene rings is 1. The van der Waals surface area contributed by atoms with Gasteiger partial charge in [-0.3, -0.25) is 4.79 Å². The van der Waals surface area contributed by atoms with E-state index in [1.807, 2.05) is 11.9 Å². The Morgan fingerprint density at radius 1 is 1.37 bits per heavy atom. The lowest BCUT2D eigenvalue weighted by Crippen LogP contribution is -2.42. The van der Waals surface area contributed by atoms with Gasteiger partial charge in [0.25, 0.3) is 5.91 Å². The van der Waals surface area contributed by atoms with E-state index in [4.69, 9.17) is 0 Å². The van der Waals surface area contributed by atoms with Crippen LogP contribution in [-0.4, -0.2) is 23.9 Å². The van der Waals surface area contributed by atoms with Crippen molar-refractivity contribution in [3.05, 3.63) is 29.6 Å². The summed E-state index contributed by atoms with van der Waals surface area (Å²) in [6, 6.07) is 4.62. The standard InChI is InChI=1S/C15H20FNOS/c1-10-5-3-4-6-13(10)17(2)15(18)11-7-8-12(16)14(19)9-11/h7-10,13,19H,3-6H2,1-2H3. The number of carbonyl (C=O) groups is 1. The third-order valence-corrected chi connectivity index (χ3v) is 4.42. The molecule has 0 N–H and O–H groups in total. The topological polar surface area (TPSA) is 20.3 Å². The first-order valence-corrected chi connectivity index (χ1v) is 7.21. The Hall–Kier alpha value is -1.03. The van der Waals surface area contributed by atoms with E-state index in [9.17, 15) is 9.18 Å². The highest BCUT2D eigenvalue weighted by Crippen LogP contribution is 2.28. The molecule has 4 heteroatoms. The third-order valence-electron chi connectivity index (χ3n) is 4.08. The Kier molecular flexibility index (Phi) is 4.50. The van der Waals surface area contributed by atoms with Crippen molar-refractivity contribution >= 4 is 18.5 Å². The smallest absolute Gasteiger partial charge is 0.253 e. The van der Waals surface area contributed by atoms with Crippen LogP contribution in [0.3, 0.4) is 0 Å². The van der Waals surface area contributed by atoms with Gasteiger partial charge in [0.05, 0.1) is 0 Å². The monoisotopic (exact) mass is 281 g/mol. The molecule has 0 spiro atoms. The van der Waals surface area contributed by atoms with Crippen molar-refractivity contribution in [3.8, 4) is 0 Å². The molecule has 2 nitrogen and oxygen atoms in total. The molecular weight excluding hydrogens is 261 g/mol. The van der Waals surface area contributed by atoms with Gasteiger partial charge in [0.2, 0.25) is 0 Å². The molecule has 1 saturated carbocycles. The zero-order valence-corrected chi connectivity index (χ0v) is 12.3. The normalized spacial score (nSPS) is 23.2. The van der Waals surface area contributed by atoms with E-state index in [2.05, 4.69) is 19.6 Å². The number of halogens is 1. The fraction of sp³-hybridized carbons (Fsp3) is 0.533. The summed E-state index contributed by atoms with van der Waals surface area (Å²) in [6.45, 7) is 2.20. The second kappa shape index (κ2) is 5.95. The highest BCUT2D eigenvalue weighted by molar-refractivity contribution is 7.80. The molecule has 2 atom stereocenters. The lowest BCUT2D eigenvalue weighted by Gasteiger charge is -2.36. The van der Waals surface area contributed by atoms with Crippen LogP contribution in [0.2, 0.25) is 0 Å². The van der Waals surface area contributed by atoms with Crippen molar-refractivity contribution in [2.75, 3.05) is 7.05 Å². The van der Waals surface area contributed by atoms with E-state index < -0.39 is 5.82 Å². The van der Waals surface area contributed by atoms with Gasteiger partial charge < -0.3 is 4.90 Å². The summed E-state index contributed by atoms with van der Waals surface area (Å²) in [4.78, 5) is 14.5. The molecule has 0 radical (unpaired) electrons. The van der Waals surface area contributed by atoms with Gasteiger partial charge in [-0.1, -0.05) is 19.8 Å². The van der Waals surface area contributed by atoms with Crippen LogP contribution in [0.25, 0.3) is 0 Å². The predicted molar refractivity (Wildman–Crippen MR) is 77.2 cm³/mol. The molecule has 0 aliphatic heterocycles. The molecule has 1 aliphatic carbocycles. The highest BCUT2D eigenvalue weighted by atomic mass is 32.1. The summed E-state index contributed by atoms with van der Waals surface area (Å²) in [5, 5.41) is 0. The van der Waals surface area contributed by atoms with E-state index >= 15 is 0 Å². The predicted octanol–water partition coefficient (Wildman–Crippen LogP) is 3.77. The van der Waals surface area contributed by atoms with Gasteiger partial charge >= 0.3 is 0 Å². The summed E-state index contributed by atoms with van der Waals surface area (Å²) in [5.41, 5.74) is 0.506. The first-order valence-electron chi connectivity index (χ1n) is 6.76. The van der Waals surface area contributed by atoms with Crippen molar-refractivity contribution in [3.63, 3.8) is 0 Å². The van der Waals surface area contributed by atoms with E-state index in [1.54, 1.807) is 0 Å². The minimum atomic E-state index is -0.395. The molecule has 1 aromatic rings. The number of hydrogen-bond acceptors (Lipinski definition) is 2. The average Bonchev–Trinajstić information content (AvgIpc) is 2.41.